The molecule has 2 aromatic carbocycles. The van der Waals surface area contributed by atoms with E-state index in [1.165, 1.54) is 17.4 Å². The molecule has 0 saturated carbocycles. The smallest absolute Gasteiger partial charge is 0.265 e. The second-order valence-corrected chi connectivity index (χ2v) is 6.41. The zero-order valence-electron chi connectivity index (χ0n) is 13.1. The summed E-state index contributed by atoms with van der Waals surface area (Å²) in [4.78, 5) is 24.6. The standard InChI is InChI=1S/C18H15FN2O2S/c1-10-6-7-11(17(22)20-2)8-14(10)21-18(23)16-9-12-13(19)4-3-5-15(12)24-16/h3-9H,1-2H3,(H,20,22)(H,21,23). The van der Waals surface area contributed by atoms with E-state index in [1.54, 1.807) is 43.4 Å². The van der Waals surface area contributed by atoms with Crippen molar-refractivity contribution in [2.45, 2.75) is 6.92 Å². The summed E-state index contributed by atoms with van der Waals surface area (Å²) in [6.07, 6.45) is 0. The van der Waals surface area contributed by atoms with Gasteiger partial charge in [-0.05, 0) is 42.8 Å². The van der Waals surface area contributed by atoms with Gasteiger partial charge in [-0.15, -0.1) is 11.3 Å². The van der Waals surface area contributed by atoms with E-state index in [9.17, 15) is 14.0 Å². The normalized spacial score (nSPS) is 10.6. The molecule has 0 radical (unpaired) electrons. The van der Waals surface area contributed by atoms with Gasteiger partial charge in [0.05, 0.1) is 4.88 Å². The first-order valence-corrected chi connectivity index (χ1v) is 8.13. The zero-order chi connectivity index (χ0) is 17.3. The first kappa shape index (κ1) is 16.1. The minimum absolute atomic E-state index is 0.227. The number of nitrogens with one attached hydrogen (secondary N) is 2. The van der Waals surface area contributed by atoms with Crippen molar-refractivity contribution < 1.29 is 14.0 Å². The van der Waals surface area contributed by atoms with Gasteiger partial charge in [-0.2, -0.15) is 0 Å². The molecule has 3 aromatic rings. The van der Waals surface area contributed by atoms with Crippen molar-refractivity contribution >= 4 is 38.9 Å². The highest BCUT2D eigenvalue weighted by Gasteiger charge is 2.14. The third-order valence-electron chi connectivity index (χ3n) is 3.71. The minimum Gasteiger partial charge on any atom is -0.355 e. The maximum Gasteiger partial charge on any atom is 0.265 e. The molecule has 0 aliphatic heterocycles. The Balaban J connectivity index is 1.91. The van der Waals surface area contributed by atoms with Crippen molar-refractivity contribution in [3.8, 4) is 0 Å². The Morgan fingerprint density at radius 3 is 2.58 bits per heavy atom. The molecule has 4 nitrogen and oxygen atoms in total. The molecule has 2 N–H and O–H groups in total. The van der Waals surface area contributed by atoms with Crippen LogP contribution in [0.4, 0.5) is 10.1 Å². The highest BCUT2D eigenvalue weighted by Crippen LogP contribution is 2.28. The van der Waals surface area contributed by atoms with Crippen LogP contribution in [-0.4, -0.2) is 18.9 Å². The van der Waals surface area contributed by atoms with Gasteiger partial charge in [0.15, 0.2) is 0 Å². The second-order valence-electron chi connectivity index (χ2n) is 5.33. The van der Waals surface area contributed by atoms with Crippen LogP contribution in [0.15, 0.2) is 42.5 Å². The van der Waals surface area contributed by atoms with Crippen LogP contribution in [0, 0.1) is 12.7 Å². The number of carbonyl (C=O) groups is 2. The van der Waals surface area contributed by atoms with Gasteiger partial charge in [0, 0.05) is 28.4 Å². The average Bonchev–Trinajstić information content (AvgIpc) is 3.02. The Morgan fingerprint density at radius 1 is 1.08 bits per heavy atom. The molecule has 6 heteroatoms. The number of aryl methyl sites for hydroxylation is 1. The molecule has 24 heavy (non-hydrogen) atoms. The molecular formula is C18H15FN2O2S. The van der Waals surface area contributed by atoms with Crippen LogP contribution >= 0.6 is 11.3 Å². The summed E-state index contributed by atoms with van der Waals surface area (Å²) in [5.74, 6) is -0.900. The lowest BCUT2D eigenvalue weighted by Gasteiger charge is -2.09. The molecule has 2 amide bonds. The number of fused-ring (bicyclic) bond motifs is 1. The number of carbonyl (C=O) groups excluding carboxylic acids is 2. The quantitative estimate of drug-likeness (QED) is 0.757. The summed E-state index contributed by atoms with van der Waals surface area (Å²) in [6, 6.07) is 11.4. The Kier molecular flexibility index (Phi) is 4.31. The molecule has 0 fully saturated rings. The zero-order valence-corrected chi connectivity index (χ0v) is 14.0. The molecule has 0 aliphatic carbocycles. The Bertz CT molecular complexity index is 949. The third kappa shape index (κ3) is 3.00. The minimum atomic E-state index is -0.347. The molecule has 122 valence electrons. The van der Waals surface area contributed by atoms with E-state index >= 15 is 0 Å². The van der Waals surface area contributed by atoms with Crippen molar-refractivity contribution in [1.29, 1.82) is 0 Å². The van der Waals surface area contributed by atoms with E-state index in [1.807, 2.05) is 6.92 Å². The van der Waals surface area contributed by atoms with Gasteiger partial charge in [-0.25, -0.2) is 4.39 Å². The average molecular weight is 342 g/mol. The summed E-state index contributed by atoms with van der Waals surface area (Å²) in [5, 5.41) is 5.77. The number of thiophene rings is 1. The second kappa shape index (κ2) is 6.41. The lowest BCUT2D eigenvalue weighted by Crippen LogP contribution is -2.18. The van der Waals surface area contributed by atoms with Gasteiger partial charge >= 0.3 is 0 Å². The van der Waals surface area contributed by atoms with Crippen LogP contribution in [0.5, 0.6) is 0 Å². The van der Waals surface area contributed by atoms with Gasteiger partial charge in [-0.3, -0.25) is 9.59 Å². The largest absolute Gasteiger partial charge is 0.355 e. The van der Waals surface area contributed by atoms with E-state index < -0.39 is 0 Å². The van der Waals surface area contributed by atoms with Crippen LogP contribution < -0.4 is 10.6 Å². The van der Waals surface area contributed by atoms with Gasteiger partial charge < -0.3 is 10.6 Å². The van der Waals surface area contributed by atoms with E-state index in [4.69, 9.17) is 0 Å². The number of anilines is 1. The maximum absolute atomic E-state index is 13.8. The van der Waals surface area contributed by atoms with Crippen molar-refractivity contribution in [3.05, 3.63) is 64.3 Å². The molecular weight excluding hydrogens is 327 g/mol. The summed E-state index contributed by atoms with van der Waals surface area (Å²) in [7, 11) is 1.55. The lowest BCUT2D eigenvalue weighted by atomic mass is 10.1. The molecule has 0 saturated heterocycles. The van der Waals surface area contributed by atoms with Crippen LogP contribution in [0.2, 0.25) is 0 Å². The van der Waals surface area contributed by atoms with Gasteiger partial charge in [0.25, 0.3) is 11.8 Å². The number of benzene rings is 2. The number of hydrogen-bond acceptors (Lipinski definition) is 3. The van der Waals surface area contributed by atoms with Crippen LogP contribution in [0.3, 0.4) is 0 Å². The number of halogens is 1. The molecule has 0 unspecified atom stereocenters. The summed E-state index contributed by atoms with van der Waals surface area (Å²) < 4.78 is 14.5. The fourth-order valence-corrected chi connectivity index (χ4v) is 3.33. The van der Waals surface area contributed by atoms with Crippen molar-refractivity contribution in [2.75, 3.05) is 12.4 Å². The highest BCUT2D eigenvalue weighted by atomic mass is 32.1. The molecule has 1 aromatic heterocycles. The summed E-state index contributed by atoms with van der Waals surface area (Å²) in [6.45, 7) is 1.84. The summed E-state index contributed by atoms with van der Waals surface area (Å²) in [5.41, 5.74) is 1.85. The van der Waals surface area contributed by atoms with E-state index in [-0.39, 0.29) is 17.6 Å². The van der Waals surface area contributed by atoms with Crippen LogP contribution in [0.25, 0.3) is 10.1 Å². The van der Waals surface area contributed by atoms with Gasteiger partial charge in [-0.1, -0.05) is 12.1 Å². The van der Waals surface area contributed by atoms with Crippen molar-refractivity contribution in [3.63, 3.8) is 0 Å². The van der Waals surface area contributed by atoms with Crippen molar-refractivity contribution in [1.82, 2.24) is 5.32 Å². The highest BCUT2D eigenvalue weighted by molar-refractivity contribution is 7.20. The predicted molar refractivity (Wildman–Crippen MR) is 94.3 cm³/mol. The number of amides is 2. The first-order valence-electron chi connectivity index (χ1n) is 7.31. The van der Waals surface area contributed by atoms with E-state index in [0.717, 1.165) is 10.3 Å². The SMILES string of the molecule is CNC(=O)c1ccc(C)c(NC(=O)c2cc3c(F)cccc3s2)c1. The fraction of sp³-hybridized carbons (Fsp3) is 0.111. The molecule has 3 rings (SSSR count). The number of hydrogen-bond donors (Lipinski definition) is 2. The molecule has 0 bridgehead atoms. The monoisotopic (exact) mass is 342 g/mol. The van der Waals surface area contributed by atoms with Crippen molar-refractivity contribution in [2.24, 2.45) is 0 Å². The molecule has 1 heterocycles. The lowest BCUT2D eigenvalue weighted by molar-refractivity contribution is 0.0961. The van der Waals surface area contributed by atoms with Crippen LogP contribution in [0.1, 0.15) is 25.6 Å². The summed E-state index contributed by atoms with van der Waals surface area (Å²) >= 11 is 1.23. The van der Waals surface area contributed by atoms with E-state index in [0.29, 0.717) is 21.5 Å². The maximum atomic E-state index is 13.8. The third-order valence-corrected chi connectivity index (χ3v) is 4.81. The first-order chi connectivity index (χ1) is 11.5. The van der Waals surface area contributed by atoms with Gasteiger partial charge in [0.1, 0.15) is 5.82 Å². The topological polar surface area (TPSA) is 58.2 Å². The van der Waals surface area contributed by atoms with Crippen LogP contribution in [-0.2, 0) is 0 Å². The molecule has 0 spiro atoms. The van der Waals surface area contributed by atoms with Gasteiger partial charge in [0.2, 0.25) is 0 Å². The molecule has 0 aliphatic rings. The fourth-order valence-electron chi connectivity index (χ4n) is 2.36. The Labute approximate surface area is 142 Å². The predicted octanol–water partition coefficient (Wildman–Crippen LogP) is 3.96. The Hall–Kier alpha value is -2.73. The molecule has 0 atom stereocenters. The van der Waals surface area contributed by atoms with E-state index in [2.05, 4.69) is 10.6 Å². The number of rotatable bonds is 3. The Morgan fingerprint density at radius 2 is 1.88 bits per heavy atom.